The number of ether oxygens (including phenoxy) is 1. The van der Waals surface area contributed by atoms with Crippen LogP contribution in [0.2, 0.25) is 5.02 Å². The number of methoxy groups -OCH3 is 1. The van der Waals surface area contributed by atoms with Gasteiger partial charge in [0, 0.05) is 35.3 Å². The van der Waals surface area contributed by atoms with Gasteiger partial charge in [-0.1, -0.05) is 23.7 Å². The molecule has 3 N–H and O–H groups in total. The predicted molar refractivity (Wildman–Crippen MR) is 138 cm³/mol. The minimum Gasteiger partial charge on any atom is -0.480 e. The molecule has 5 rings (SSSR count). The molecule has 0 radical (unpaired) electrons. The van der Waals surface area contributed by atoms with Gasteiger partial charge in [0.15, 0.2) is 0 Å². The van der Waals surface area contributed by atoms with Gasteiger partial charge in [-0.05, 0) is 42.5 Å². The van der Waals surface area contributed by atoms with Crippen molar-refractivity contribution >= 4 is 46.2 Å². The first-order chi connectivity index (χ1) is 17.0. The fourth-order valence-corrected chi connectivity index (χ4v) is 4.29. The smallest absolute Gasteiger partial charge is 0.229 e. The average molecular weight is 487 g/mol. The third-order valence-electron chi connectivity index (χ3n) is 5.86. The van der Waals surface area contributed by atoms with Crippen LogP contribution in [-0.2, 0) is 0 Å². The van der Waals surface area contributed by atoms with Crippen LogP contribution in [-0.4, -0.2) is 54.0 Å². The number of nitrogens with zero attached hydrogens (tertiary/aromatic N) is 5. The Labute approximate surface area is 206 Å². The molecule has 0 saturated heterocycles. The lowest BCUT2D eigenvalue weighted by molar-refractivity contribution is 0.397. The Kier molecular flexibility index (Phi) is 5.92. The van der Waals surface area contributed by atoms with Crippen LogP contribution >= 0.6 is 11.6 Å². The summed E-state index contributed by atoms with van der Waals surface area (Å²) in [6.07, 6.45) is 1.06. The van der Waals surface area contributed by atoms with E-state index in [1.54, 1.807) is 19.2 Å². The van der Waals surface area contributed by atoms with Gasteiger partial charge in [-0.15, -0.1) is 0 Å². The summed E-state index contributed by atoms with van der Waals surface area (Å²) < 4.78 is 6.94. The van der Waals surface area contributed by atoms with Crippen molar-refractivity contribution in [1.29, 1.82) is 10.8 Å². The van der Waals surface area contributed by atoms with Gasteiger partial charge in [0.25, 0.3) is 0 Å². The summed E-state index contributed by atoms with van der Waals surface area (Å²) in [7, 11) is 3.50. The molecule has 0 fully saturated rings. The number of aliphatic imine (C=N–C) groups is 1. The van der Waals surface area contributed by atoms with E-state index in [0.717, 1.165) is 53.2 Å². The normalized spacial score (nSPS) is 12.8. The quantitative estimate of drug-likeness (QED) is 0.283. The summed E-state index contributed by atoms with van der Waals surface area (Å²) in [6, 6.07) is 17.2. The van der Waals surface area contributed by atoms with Gasteiger partial charge >= 0.3 is 0 Å². The Bertz CT molecular complexity index is 1540. The van der Waals surface area contributed by atoms with E-state index in [0.29, 0.717) is 22.2 Å². The van der Waals surface area contributed by atoms with Gasteiger partial charge < -0.3 is 15.0 Å². The molecule has 176 valence electrons. The van der Waals surface area contributed by atoms with Gasteiger partial charge in [-0.2, -0.15) is 4.98 Å². The minimum absolute atomic E-state index is 0.0572. The zero-order chi connectivity index (χ0) is 24.5. The molecule has 0 saturated carbocycles. The highest BCUT2D eigenvalue weighted by Gasteiger charge is 2.17. The first-order valence-electron chi connectivity index (χ1n) is 10.9. The summed E-state index contributed by atoms with van der Waals surface area (Å²) >= 11 is 6.20. The maximum atomic E-state index is 8.32. The topological polar surface area (TPSA) is 115 Å². The van der Waals surface area contributed by atoms with Gasteiger partial charge in [0.05, 0.1) is 36.8 Å². The van der Waals surface area contributed by atoms with Crippen molar-refractivity contribution in [2.45, 2.75) is 0 Å². The van der Waals surface area contributed by atoms with E-state index >= 15 is 0 Å². The van der Waals surface area contributed by atoms with Crippen LogP contribution in [0.3, 0.4) is 0 Å². The highest BCUT2D eigenvalue weighted by Crippen LogP contribution is 2.32. The molecule has 2 aromatic heterocycles. The number of amidine groups is 1. The SMILES string of the molecule is COc1nc(-c2cccc(N(C)c3nc(=N)n(C=N)c4cc(Cl)ccc34)c2)ccc1C1=NCCN1. The average Bonchev–Trinajstić information content (AvgIpc) is 3.42. The largest absolute Gasteiger partial charge is 0.480 e. The van der Waals surface area contributed by atoms with E-state index < -0.39 is 0 Å². The summed E-state index contributed by atoms with van der Waals surface area (Å²) in [6.45, 7) is 1.55. The number of rotatable bonds is 6. The number of nitrogens with one attached hydrogen (secondary N) is 3. The van der Waals surface area contributed by atoms with Crippen LogP contribution in [0, 0.1) is 10.8 Å². The molecule has 0 unspecified atom stereocenters. The molecular weight excluding hydrogens is 464 g/mol. The van der Waals surface area contributed by atoms with Crippen LogP contribution in [0.1, 0.15) is 5.56 Å². The Morgan fingerprint density at radius 2 is 2.00 bits per heavy atom. The number of halogens is 1. The lowest BCUT2D eigenvalue weighted by atomic mass is 10.1. The molecule has 0 amide bonds. The van der Waals surface area contributed by atoms with Crippen LogP contribution in [0.4, 0.5) is 11.5 Å². The van der Waals surface area contributed by atoms with Crippen LogP contribution in [0.5, 0.6) is 5.88 Å². The maximum Gasteiger partial charge on any atom is 0.229 e. The molecule has 0 atom stereocenters. The Balaban J connectivity index is 1.57. The zero-order valence-corrected chi connectivity index (χ0v) is 20.0. The summed E-state index contributed by atoms with van der Waals surface area (Å²) in [5.74, 6) is 1.89. The van der Waals surface area contributed by atoms with E-state index in [9.17, 15) is 0 Å². The maximum absolute atomic E-state index is 8.32. The van der Waals surface area contributed by atoms with Crippen molar-refractivity contribution in [1.82, 2.24) is 19.9 Å². The number of aromatic nitrogens is 3. The lowest BCUT2D eigenvalue weighted by Crippen LogP contribution is -2.26. The number of fused-ring (bicyclic) bond motifs is 1. The van der Waals surface area contributed by atoms with Gasteiger partial charge in [-0.25, -0.2) is 4.98 Å². The van der Waals surface area contributed by atoms with Gasteiger partial charge in [0.1, 0.15) is 11.7 Å². The molecule has 3 heterocycles. The molecule has 1 aliphatic heterocycles. The fourth-order valence-electron chi connectivity index (χ4n) is 4.12. The monoisotopic (exact) mass is 486 g/mol. The molecule has 10 heteroatoms. The minimum atomic E-state index is -0.0572. The van der Waals surface area contributed by atoms with E-state index in [-0.39, 0.29) is 5.62 Å². The molecule has 4 aromatic rings. The van der Waals surface area contributed by atoms with Crippen molar-refractivity contribution in [2.24, 2.45) is 4.99 Å². The number of pyridine rings is 1. The highest BCUT2D eigenvalue weighted by atomic mass is 35.5. The third kappa shape index (κ3) is 4.10. The van der Waals surface area contributed by atoms with E-state index in [1.807, 2.05) is 54.4 Å². The Hall–Kier alpha value is -4.24. The molecule has 0 aliphatic carbocycles. The number of anilines is 2. The van der Waals surface area contributed by atoms with E-state index in [2.05, 4.69) is 15.3 Å². The second-order valence-corrected chi connectivity index (χ2v) is 8.38. The van der Waals surface area contributed by atoms with Crippen LogP contribution < -0.4 is 20.6 Å². The molecular formula is C25H23ClN8O. The fraction of sp³-hybridized carbons (Fsp3) is 0.160. The molecule has 0 spiro atoms. The van der Waals surface area contributed by atoms with Crippen molar-refractivity contribution in [3.63, 3.8) is 0 Å². The van der Waals surface area contributed by atoms with Crippen molar-refractivity contribution in [3.8, 4) is 17.1 Å². The first-order valence-corrected chi connectivity index (χ1v) is 11.3. The summed E-state index contributed by atoms with van der Waals surface area (Å²) in [5.41, 5.74) is 3.95. The second kappa shape index (κ2) is 9.19. The Morgan fingerprint density at radius 3 is 2.74 bits per heavy atom. The van der Waals surface area contributed by atoms with Crippen LogP contribution in [0.25, 0.3) is 22.2 Å². The molecule has 1 aliphatic rings. The number of benzene rings is 2. The van der Waals surface area contributed by atoms with Gasteiger partial charge in [-0.3, -0.25) is 20.4 Å². The highest BCUT2D eigenvalue weighted by molar-refractivity contribution is 6.31. The van der Waals surface area contributed by atoms with Crippen LogP contribution in [0.15, 0.2) is 59.6 Å². The lowest BCUT2D eigenvalue weighted by Gasteiger charge is -2.22. The summed E-state index contributed by atoms with van der Waals surface area (Å²) in [5, 5.41) is 20.6. The number of hydrogen-bond donors (Lipinski definition) is 3. The van der Waals surface area contributed by atoms with E-state index in [1.165, 1.54) is 4.57 Å². The van der Waals surface area contributed by atoms with Gasteiger partial charge in [0.2, 0.25) is 11.5 Å². The van der Waals surface area contributed by atoms with E-state index in [4.69, 9.17) is 32.1 Å². The summed E-state index contributed by atoms with van der Waals surface area (Å²) in [4.78, 5) is 15.6. The van der Waals surface area contributed by atoms with Crippen molar-refractivity contribution in [3.05, 3.63) is 70.8 Å². The molecule has 0 bridgehead atoms. The first kappa shape index (κ1) is 22.5. The third-order valence-corrected chi connectivity index (χ3v) is 6.09. The van der Waals surface area contributed by atoms with Crippen molar-refractivity contribution in [2.75, 3.05) is 32.1 Å². The standard InChI is InChI=1S/C25H23ClN8O/c1-33(23-18-7-6-16(26)13-21(18)34(14-27)25(28)32-23)17-5-3-4-15(12-17)20-9-8-19(24(31-20)35-2)22-29-10-11-30-22/h3-9,12-14,27-28H,10-11H2,1-2H3,(H,29,30). The molecule has 9 nitrogen and oxygen atoms in total. The van der Waals surface area contributed by atoms with Crippen molar-refractivity contribution < 1.29 is 4.74 Å². The predicted octanol–water partition coefficient (Wildman–Crippen LogP) is 3.81. The zero-order valence-electron chi connectivity index (χ0n) is 19.2. The molecule has 2 aromatic carbocycles. The second-order valence-electron chi connectivity index (χ2n) is 7.94. The number of hydrogen-bond acceptors (Lipinski definition) is 8. The molecule has 35 heavy (non-hydrogen) atoms. The Morgan fingerprint density at radius 1 is 1.14 bits per heavy atom.